The van der Waals surface area contributed by atoms with Gasteiger partial charge in [-0.25, -0.2) is 0 Å². The van der Waals surface area contributed by atoms with Crippen LogP contribution in [0.1, 0.15) is 58.3 Å². The van der Waals surface area contributed by atoms with Crippen LogP contribution in [0.25, 0.3) is 0 Å². The molecule has 2 fully saturated rings. The quantitative estimate of drug-likeness (QED) is 0.463. The van der Waals surface area contributed by atoms with Gasteiger partial charge in [-0.15, -0.1) is 0 Å². The van der Waals surface area contributed by atoms with Crippen LogP contribution in [0, 0.1) is 11.3 Å². The Hall–Kier alpha value is -0.130. The summed E-state index contributed by atoms with van der Waals surface area (Å²) in [6, 6.07) is 0. The molecule has 0 spiro atoms. The van der Waals surface area contributed by atoms with Crippen LogP contribution in [0.3, 0.4) is 0 Å². The molecule has 62 valence electrons. The maximum absolute atomic E-state index is 2.50. The van der Waals surface area contributed by atoms with E-state index in [9.17, 15) is 0 Å². The molecule has 0 atom stereocenters. The lowest BCUT2D eigenvalue weighted by atomic mass is 9.61. The largest absolute Gasteiger partial charge is 0.107 e. The van der Waals surface area contributed by atoms with E-state index in [4.69, 9.17) is 0 Å². The summed E-state index contributed by atoms with van der Waals surface area (Å²) in [5.41, 5.74) is 0.691. The second-order valence-corrected chi connectivity index (χ2v) is 4.58. The Bertz CT molecular complexity index is 125. The molecule has 0 aromatic carbocycles. The minimum atomic E-state index is 0.691. The lowest BCUT2D eigenvalue weighted by Gasteiger charge is -2.35. The van der Waals surface area contributed by atoms with Gasteiger partial charge in [0.05, 0.1) is 18.8 Å². The van der Waals surface area contributed by atoms with Crippen LogP contribution in [-0.2, 0) is 0 Å². The molecule has 0 heterocycles. The van der Waals surface area contributed by atoms with Crippen LogP contribution in [0.15, 0.2) is 0 Å². The predicted octanol–water partition coefficient (Wildman–Crippen LogP) is 3.72. The van der Waals surface area contributed by atoms with Crippen molar-refractivity contribution >= 4 is 0 Å². The van der Waals surface area contributed by atoms with Gasteiger partial charge in [0.1, 0.15) is 5.41 Å². The van der Waals surface area contributed by atoms with Gasteiger partial charge in [0.2, 0.25) is 0 Å². The number of fused-ring (bicyclic) bond motifs is 1. The maximum Gasteiger partial charge on any atom is 0.107 e. The van der Waals surface area contributed by atoms with E-state index < -0.39 is 0 Å². The standard InChI is InChI=1S/C11H19/c1-11-8-4-2-6-10(11)7-3-5-9-11/h2-9H2,1H3/q+1. The van der Waals surface area contributed by atoms with Gasteiger partial charge in [-0.2, -0.15) is 0 Å². The molecule has 0 saturated heterocycles. The first kappa shape index (κ1) is 7.52. The molecule has 2 saturated carbocycles. The van der Waals surface area contributed by atoms with Gasteiger partial charge >= 0.3 is 0 Å². The molecule has 2 aliphatic rings. The number of hydrogen-bond acceptors (Lipinski definition) is 0. The summed E-state index contributed by atoms with van der Waals surface area (Å²) >= 11 is 0. The van der Waals surface area contributed by atoms with Crippen LogP contribution in [-0.4, -0.2) is 0 Å². The van der Waals surface area contributed by atoms with Gasteiger partial charge in [-0.1, -0.05) is 0 Å². The molecule has 2 aliphatic carbocycles. The lowest BCUT2D eigenvalue weighted by molar-refractivity contribution is 0.185. The summed E-state index contributed by atoms with van der Waals surface area (Å²) in [5.74, 6) is 1.91. The molecule has 2 rings (SSSR count). The van der Waals surface area contributed by atoms with Crippen LogP contribution in [0.4, 0.5) is 0 Å². The fourth-order valence-corrected chi connectivity index (χ4v) is 2.91. The second-order valence-electron chi connectivity index (χ2n) is 4.58. The average molecular weight is 151 g/mol. The average Bonchev–Trinajstić information content (AvgIpc) is 2.03. The predicted molar refractivity (Wildman–Crippen MR) is 48.3 cm³/mol. The van der Waals surface area contributed by atoms with E-state index >= 15 is 0 Å². The van der Waals surface area contributed by atoms with E-state index in [1.54, 1.807) is 0 Å². The zero-order valence-corrected chi connectivity index (χ0v) is 7.66. The molecule has 0 aromatic heterocycles. The van der Waals surface area contributed by atoms with E-state index in [0.29, 0.717) is 5.41 Å². The Morgan fingerprint density at radius 2 is 1.45 bits per heavy atom. The van der Waals surface area contributed by atoms with Crippen LogP contribution in [0.5, 0.6) is 0 Å². The molecule has 0 unspecified atom stereocenters. The van der Waals surface area contributed by atoms with E-state index in [1.807, 2.05) is 5.92 Å². The van der Waals surface area contributed by atoms with Crippen LogP contribution >= 0.6 is 0 Å². The van der Waals surface area contributed by atoms with Crippen molar-refractivity contribution in [1.29, 1.82) is 0 Å². The Morgan fingerprint density at radius 1 is 0.909 bits per heavy atom. The van der Waals surface area contributed by atoms with Gasteiger partial charge in [-0.05, 0) is 45.4 Å². The molecule has 0 aliphatic heterocycles. The third-order valence-electron chi connectivity index (χ3n) is 3.77. The van der Waals surface area contributed by atoms with Crippen molar-refractivity contribution in [3.63, 3.8) is 0 Å². The summed E-state index contributed by atoms with van der Waals surface area (Å²) in [7, 11) is 0. The zero-order valence-electron chi connectivity index (χ0n) is 7.66. The van der Waals surface area contributed by atoms with Gasteiger partial charge in [0, 0.05) is 0 Å². The summed E-state index contributed by atoms with van der Waals surface area (Å²) in [4.78, 5) is 0. The SMILES string of the molecule is CC12CCCC[C+]1CCCC2. The van der Waals surface area contributed by atoms with E-state index in [1.165, 1.54) is 51.4 Å². The van der Waals surface area contributed by atoms with Gasteiger partial charge in [0.25, 0.3) is 0 Å². The highest BCUT2D eigenvalue weighted by atomic mass is 14.4. The minimum Gasteiger partial charge on any atom is -0.0446 e. The zero-order chi connectivity index (χ0) is 7.73. The third-order valence-corrected chi connectivity index (χ3v) is 3.77. The van der Waals surface area contributed by atoms with Gasteiger partial charge in [0.15, 0.2) is 0 Å². The summed E-state index contributed by atoms with van der Waals surface area (Å²) < 4.78 is 0. The van der Waals surface area contributed by atoms with Crippen LogP contribution < -0.4 is 0 Å². The monoisotopic (exact) mass is 151 g/mol. The van der Waals surface area contributed by atoms with Crippen molar-refractivity contribution in [2.24, 2.45) is 5.41 Å². The molecule has 0 radical (unpaired) electrons. The van der Waals surface area contributed by atoms with Crippen molar-refractivity contribution in [1.82, 2.24) is 0 Å². The van der Waals surface area contributed by atoms with Crippen molar-refractivity contribution in [3.8, 4) is 0 Å². The highest BCUT2D eigenvalue weighted by molar-refractivity contribution is 5.09. The van der Waals surface area contributed by atoms with Crippen molar-refractivity contribution < 1.29 is 0 Å². The van der Waals surface area contributed by atoms with E-state index in [2.05, 4.69) is 6.92 Å². The highest BCUT2D eigenvalue weighted by Crippen LogP contribution is 2.51. The van der Waals surface area contributed by atoms with Gasteiger partial charge < -0.3 is 0 Å². The molecular weight excluding hydrogens is 132 g/mol. The molecule has 0 heteroatoms. The molecule has 0 nitrogen and oxygen atoms in total. The van der Waals surface area contributed by atoms with E-state index in [0.717, 1.165) is 0 Å². The Labute approximate surface area is 70.4 Å². The fourth-order valence-electron chi connectivity index (χ4n) is 2.91. The Kier molecular flexibility index (Phi) is 1.86. The summed E-state index contributed by atoms with van der Waals surface area (Å²) in [5, 5.41) is 0. The normalized spacial score (nSPS) is 29.7. The first-order valence-corrected chi connectivity index (χ1v) is 5.16. The smallest absolute Gasteiger partial charge is 0.0446 e. The topological polar surface area (TPSA) is 0 Å². The molecule has 0 bridgehead atoms. The fraction of sp³-hybridized carbons (Fsp3) is 0.909. The lowest BCUT2D eigenvalue weighted by Crippen LogP contribution is -2.31. The second kappa shape index (κ2) is 2.73. The number of hydrogen-bond donors (Lipinski definition) is 0. The third kappa shape index (κ3) is 1.28. The molecule has 0 amide bonds. The first-order chi connectivity index (χ1) is 5.31. The minimum absolute atomic E-state index is 0.691. The summed E-state index contributed by atoms with van der Waals surface area (Å²) in [6.07, 6.45) is 11.8. The Morgan fingerprint density at radius 3 is 1.91 bits per heavy atom. The first-order valence-electron chi connectivity index (χ1n) is 5.16. The molecule has 0 aromatic rings. The maximum atomic E-state index is 2.50. The summed E-state index contributed by atoms with van der Waals surface area (Å²) in [6.45, 7) is 2.50. The van der Waals surface area contributed by atoms with Crippen molar-refractivity contribution in [2.45, 2.75) is 58.3 Å². The molecule has 0 N–H and O–H groups in total. The number of rotatable bonds is 0. The van der Waals surface area contributed by atoms with E-state index in [-0.39, 0.29) is 0 Å². The molecular formula is C11H19+. The molecule has 11 heavy (non-hydrogen) atoms. The van der Waals surface area contributed by atoms with Gasteiger partial charge in [-0.3, -0.25) is 0 Å². The Balaban J connectivity index is 2.06. The highest BCUT2D eigenvalue weighted by Gasteiger charge is 2.47. The van der Waals surface area contributed by atoms with Crippen LogP contribution in [0.2, 0.25) is 0 Å². The van der Waals surface area contributed by atoms with Crippen molar-refractivity contribution in [3.05, 3.63) is 5.92 Å². The van der Waals surface area contributed by atoms with Crippen molar-refractivity contribution in [2.75, 3.05) is 0 Å².